The number of benzene rings is 2. The third-order valence-electron chi connectivity index (χ3n) is 2.95. The highest BCUT2D eigenvalue weighted by Gasteiger charge is 2.20. The molecule has 0 fully saturated rings. The topological polar surface area (TPSA) is 29.5 Å². The van der Waals surface area contributed by atoms with E-state index in [1.165, 1.54) is 0 Å². The van der Waals surface area contributed by atoms with Crippen molar-refractivity contribution in [1.29, 1.82) is 0 Å². The lowest BCUT2D eigenvalue weighted by Crippen LogP contribution is -2.37. The molecule has 20 heavy (non-hydrogen) atoms. The SMILES string of the molecule is C[C@H](Oc1ccc(Cl)cc1)C(=O)N(C)c1ccccc1. The molecule has 0 aliphatic heterocycles. The summed E-state index contributed by atoms with van der Waals surface area (Å²) < 4.78 is 5.62. The van der Waals surface area contributed by atoms with Crippen molar-refractivity contribution in [3.05, 3.63) is 59.6 Å². The molecule has 0 unspecified atom stereocenters. The maximum absolute atomic E-state index is 12.3. The number of anilines is 1. The van der Waals surface area contributed by atoms with E-state index in [1.54, 1.807) is 43.1 Å². The summed E-state index contributed by atoms with van der Waals surface area (Å²) in [7, 11) is 1.74. The molecule has 2 rings (SSSR count). The standard InChI is InChI=1S/C16H16ClNO2/c1-12(20-15-10-8-13(17)9-11-15)16(19)18(2)14-6-4-3-5-7-14/h3-12H,1-2H3/t12-/m0/s1. The van der Waals surface area contributed by atoms with Gasteiger partial charge in [0.15, 0.2) is 6.10 Å². The molecule has 1 amide bonds. The van der Waals surface area contributed by atoms with Crippen molar-refractivity contribution in [1.82, 2.24) is 0 Å². The molecule has 0 saturated carbocycles. The summed E-state index contributed by atoms with van der Waals surface area (Å²) in [5, 5.41) is 0.637. The number of rotatable bonds is 4. The average molecular weight is 290 g/mol. The molecule has 0 spiro atoms. The summed E-state index contributed by atoms with van der Waals surface area (Å²) in [5.41, 5.74) is 0.837. The van der Waals surface area contributed by atoms with E-state index in [1.807, 2.05) is 30.3 Å². The van der Waals surface area contributed by atoms with E-state index in [9.17, 15) is 4.79 Å². The number of carbonyl (C=O) groups is 1. The van der Waals surface area contributed by atoms with Crippen molar-refractivity contribution < 1.29 is 9.53 Å². The highest BCUT2D eigenvalue weighted by molar-refractivity contribution is 6.30. The number of hydrogen-bond acceptors (Lipinski definition) is 2. The second kappa shape index (κ2) is 6.44. The van der Waals surface area contributed by atoms with E-state index in [0.717, 1.165) is 5.69 Å². The second-order valence-corrected chi connectivity index (χ2v) is 4.88. The fraction of sp³-hybridized carbons (Fsp3) is 0.188. The first-order valence-electron chi connectivity index (χ1n) is 6.33. The van der Waals surface area contributed by atoms with Gasteiger partial charge in [-0.3, -0.25) is 4.79 Å². The predicted molar refractivity (Wildman–Crippen MR) is 81.4 cm³/mol. The fourth-order valence-corrected chi connectivity index (χ4v) is 1.95. The monoisotopic (exact) mass is 289 g/mol. The number of nitrogens with zero attached hydrogens (tertiary/aromatic N) is 1. The van der Waals surface area contributed by atoms with Gasteiger partial charge in [-0.2, -0.15) is 0 Å². The molecular formula is C16H16ClNO2. The molecular weight excluding hydrogens is 274 g/mol. The predicted octanol–water partition coefficient (Wildman–Crippen LogP) is 3.77. The van der Waals surface area contributed by atoms with Crippen LogP contribution >= 0.6 is 11.6 Å². The molecule has 4 heteroatoms. The molecule has 0 N–H and O–H groups in total. The number of amides is 1. The summed E-state index contributed by atoms with van der Waals surface area (Å²) in [6.45, 7) is 1.73. The number of ether oxygens (including phenoxy) is 1. The van der Waals surface area contributed by atoms with Crippen LogP contribution in [0.5, 0.6) is 5.75 Å². The van der Waals surface area contributed by atoms with Gasteiger partial charge in [0.2, 0.25) is 0 Å². The summed E-state index contributed by atoms with van der Waals surface area (Å²) in [6.07, 6.45) is -0.568. The smallest absolute Gasteiger partial charge is 0.267 e. The molecule has 2 aromatic rings. The first-order valence-corrected chi connectivity index (χ1v) is 6.70. The summed E-state index contributed by atoms with van der Waals surface area (Å²) in [4.78, 5) is 13.9. The molecule has 0 saturated heterocycles. The first-order chi connectivity index (χ1) is 9.58. The van der Waals surface area contributed by atoms with Gasteiger partial charge in [-0.1, -0.05) is 29.8 Å². The van der Waals surface area contributed by atoms with Crippen LogP contribution in [0.4, 0.5) is 5.69 Å². The minimum absolute atomic E-state index is 0.105. The lowest BCUT2D eigenvalue weighted by molar-refractivity contribution is -0.124. The Morgan fingerprint density at radius 3 is 2.30 bits per heavy atom. The Hall–Kier alpha value is -2.00. The Kier molecular flexibility index (Phi) is 4.64. The summed E-state index contributed by atoms with van der Waals surface area (Å²) in [6, 6.07) is 16.4. The Labute approximate surface area is 123 Å². The molecule has 0 aromatic heterocycles. The van der Waals surface area contributed by atoms with Gasteiger partial charge in [0.1, 0.15) is 5.75 Å². The first kappa shape index (κ1) is 14.4. The Morgan fingerprint density at radius 2 is 1.70 bits per heavy atom. The zero-order valence-corrected chi connectivity index (χ0v) is 12.2. The van der Waals surface area contributed by atoms with E-state index in [-0.39, 0.29) is 5.91 Å². The van der Waals surface area contributed by atoms with Crippen molar-refractivity contribution in [2.75, 3.05) is 11.9 Å². The zero-order valence-electron chi connectivity index (χ0n) is 11.4. The highest BCUT2D eigenvalue weighted by Crippen LogP contribution is 2.18. The third-order valence-corrected chi connectivity index (χ3v) is 3.20. The number of para-hydroxylation sites is 1. The maximum atomic E-state index is 12.3. The number of carbonyl (C=O) groups excluding carboxylic acids is 1. The van der Waals surface area contributed by atoms with E-state index in [2.05, 4.69) is 0 Å². The minimum Gasteiger partial charge on any atom is -0.481 e. The van der Waals surface area contributed by atoms with Crippen LogP contribution in [0.1, 0.15) is 6.92 Å². The molecule has 104 valence electrons. The molecule has 2 aromatic carbocycles. The van der Waals surface area contributed by atoms with E-state index in [0.29, 0.717) is 10.8 Å². The van der Waals surface area contributed by atoms with Crippen molar-refractivity contribution >= 4 is 23.2 Å². The van der Waals surface area contributed by atoms with Gasteiger partial charge in [0.05, 0.1) is 0 Å². The largest absolute Gasteiger partial charge is 0.481 e. The van der Waals surface area contributed by atoms with Crippen LogP contribution in [0.15, 0.2) is 54.6 Å². The van der Waals surface area contributed by atoms with Gasteiger partial charge in [0, 0.05) is 17.8 Å². The summed E-state index contributed by atoms with van der Waals surface area (Å²) >= 11 is 5.81. The van der Waals surface area contributed by atoms with Crippen LogP contribution in [0.2, 0.25) is 5.02 Å². The second-order valence-electron chi connectivity index (χ2n) is 4.45. The van der Waals surface area contributed by atoms with Gasteiger partial charge in [-0.15, -0.1) is 0 Å². The fourth-order valence-electron chi connectivity index (χ4n) is 1.82. The molecule has 0 bridgehead atoms. The number of likely N-dealkylation sites (N-methyl/N-ethyl adjacent to an activating group) is 1. The van der Waals surface area contributed by atoms with E-state index in [4.69, 9.17) is 16.3 Å². The van der Waals surface area contributed by atoms with Gasteiger partial charge >= 0.3 is 0 Å². The third kappa shape index (κ3) is 3.52. The normalized spacial score (nSPS) is 11.8. The minimum atomic E-state index is -0.568. The number of hydrogen-bond donors (Lipinski definition) is 0. The van der Waals surface area contributed by atoms with Crippen molar-refractivity contribution in [3.8, 4) is 5.75 Å². The Bertz CT molecular complexity index is 569. The van der Waals surface area contributed by atoms with Gasteiger partial charge in [-0.05, 0) is 43.3 Å². The molecule has 0 heterocycles. The van der Waals surface area contributed by atoms with Gasteiger partial charge < -0.3 is 9.64 Å². The van der Waals surface area contributed by atoms with Crippen LogP contribution < -0.4 is 9.64 Å². The van der Waals surface area contributed by atoms with Crippen LogP contribution in [0, 0.1) is 0 Å². The Morgan fingerprint density at radius 1 is 1.10 bits per heavy atom. The Balaban J connectivity index is 2.03. The lowest BCUT2D eigenvalue weighted by Gasteiger charge is -2.22. The summed E-state index contributed by atoms with van der Waals surface area (Å²) in [5.74, 6) is 0.517. The lowest BCUT2D eigenvalue weighted by atomic mass is 10.2. The maximum Gasteiger partial charge on any atom is 0.267 e. The van der Waals surface area contributed by atoms with Crippen LogP contribution in [-0.2, 0) is 4.79 Å². The van der Waals surface area contributed by atoms with Gasteiger partial charge in [0.25, 0.3) is 5.91 Å². The molecule has 0 aliphatic rings. The highest BCUT2D eigenvalue weighted by atomic mass is 35.5. The van der Waals surface area contributed by atoms with Crippen molar-refractivity contribution in [3.63, 3.8) is 0 Å². The average Bonchev–Trinajstić information content (AvgIpc) is 2.49. The molecule has 3 nitrogen and oxygen atoms in total. The van der Waals surface area contributed by atoms with Crippen molar-refractivity contribution in [2.24, 2.45) is 0 Å². The van der Waals surface area contributed by atoms with E-state index >= 15 is 0 Å². The van der Waals surface area contributed by atoms with Crippen LogP contribution in [0.3, 0.4) is 0 Å². The van der Waals surface area contributed by atoms with Crippen LogP contribution in [-0.4, -0.2) is 19.1 Å². The molecule has 0 radical (unpaired) electrons. The van der Waals surface area contributed by atoms with Crippen molar-refractivity contribution in [2.45, 2.75) is 13.0 Å². The van der Waals surface area contributed by atoms with Crippen LogP contribution in [0.25, 0.3) is 0 Å². The zero-order chi connectivity index (χ0) is 14.5. The number of halogens is 1. The quantitative estimate of drug-likeness (QED) is 0.857. The van der Waals surface area contributed by atoms with Gasteiger partial charge in [-0.25, -0.2) is 0 Å². The molecule has 0 aliphatic carbocycles. The molecule has 1 atom stereocenters. The van der Waals surface area contributed by atoms with E-state index < -0.39 is 6.10 Å².